The Balaban J connectivity index is 1.85. The number of ether oxygens (including phenoxy) is 1. The molecule has 21 heavy (non-hydrogen) atoms. The van der Waals surface area contributed by atoms with Crippen molar-refractivity contribution in [2.45, 2.75) is 12.8 Å². The Bertz CT molecular complexity index is 605. The van der Waals surface area contributed by atoms with E-state index in [1.165, 1.54) is 5.56 Å². The zero-order chi connectivity index (χ0) is 14.8. The molecule has 0 unspecified atom stereocenters. The van der Waals surface area contributed by atoms with Gasteiger partial charge in [0.25, 0.3) is 0 Å². The quantitative estimate of drug-likeness (QED) is 0.300. The summed E-state index contributed by atoms with van der Waals surface area (Å²) in [6, 6.07) is 13.4. The summed E-state index contributed by atoms with van der Waals surface area (Å²) in [5.41, 5.74) is 1.22. The van der Waals surface area contributed by atoms with Gasteiger partial charge in [-0.25, -0.2) is 10.3 Å². The number of nitriles is 1. The average molecular weight is 280 g/mol. The fourth-order valence-electron chi connectivity index (χ4n) is 1.76. The van der Waals surface area contributed by atoms with Crippen molar-refractivity contribution in [3.8, 4) is 11.9 Å². The van der Waals surface area contributed by atoms with Crippen molar-refractivity contribution in [2.24, 2.45) is 4.99 Å². The smallest absolute Gasteiger partial charge is 0.303 e. The van der Waals surface area contributed by atoms with Gasteiger partial charge in [0.15, 0.2) is 6.19 Å². The van der Waals surface area contributed by atoms with Crippen LogP contribution < -0.4 is 10.1 Å². The maximum absolute atomic E-state index is 8.72. The Morgan fingerprint density at radius 3 is 2.67 bits per heavy atom. The van der Waals surface area contributed by atoms with Crippen LogP contribution in [-0.4, -0.2) is 17.6 Å². The summed E-state index contributed by atoms with van der Waals surface area (Å²) in [6.07, 6.45) is 7.18. The summed E-state index contributed by atoms with van der Waals surface area (Å²) in [5.74, 6) is 0.646. The Kier molecular flexibility index (Phi) is 5.77. The molecule has 5 heteroatoms. The van der Waals surface area contributed by atoms with Crippen molar-refractivity contribution in [2.75, 3.05) is 6.54 Å². The first-order chi connectivity index (χ1) is 10.4. The highest BCUT2D eigenvalue weighted by atomic mass is 16.5. The van der Waals surface area contributed by atoms with E-state index in [-0.39, 0.29) is 6.02 Å². The average Bonchev–Trinajstić information content (AvgIpc) is 2.54. The third-order valence-corrected chi connectivity index (χ3v) is 2.75. The fourth-order valence-corrected chi connectivity index (χ4v) is 1.76. The van der Waals surface area contributed by atoms with Gasteiger partial charge in [0.2, 0.25) is 0 Å². The maximum Gasteiger partial charge on any atom is 0.303 e. The van der Waals surface area contributed by atoms with Crippen molar-refractivity contribution in [1.29, 1.82) is 5.26 Å². The highest BCUT2D eigenvalue weighted by molar-refractivity contribution is 5.77. The van der Waals surface area contributed by atoms with Crippen LogP contribution in [0.5, 0.6) is 5.75 Å². The van der Waals surface area contributed by atoms with Crippen LogP contribution in [0.1, 0.15) is 12.0 Å². The summed E-state index contributed by atoms with van der Waals surface area (Å²) < 4.78 is 5.51. The van der Waals surface area contributed by atoms with Gasteiger partial charge in [-0.1, -0.05) is 18.2 Å². The van der Waals surface area contributed by atoms with E-state index in [4.69, 9.17) is 10.00 Å². The second kappa shape index (κ2) is 8.33. The van der Waals surface area contributed by atoms with E-state index >= 15 is 0 Å². The van der Waals surface area contributed by atoms with Gasteiger partial charge in [-0.2, -0.15) is 5.26 Å². The first-order valence-corrected chi connectivity index (χ1v) is 6.70. The number of rotatable bonds is 5. The topological polar surface area (TPSA) is 70.3 Å². The molecule has 2 aromatic rings. The lowest BCUT2D eigenvalue weighted by Gasteiger charge is -2.06. The molecule has 0 aliphatic heterocycles. The molecule has 0 saturated carbocycles. The molecule has 0 radical (unpaired) electrons. The third-order valence-electron chi connectivity index (χ3n) is 2.75. The number of aryl methyl sites for hydroxylation is 1. The molecule has 0 spiro atoms. The van der Waals surface area contributed by atoms with Crippen LogP contribution in [0.25, 0.3) is 0 Å². The molecular weight excluding hydrogens is 264 g/mol. The maximum atomic E-state index is 8.72. The predicted molar refractivity (Wildman–Crippen MR) is 80.7 cm³/mol. The van der Waals surface area contributed by atoms with Gasteiger partial charge in [-0.15, -0.1) is 0 Å². The zero-order valence-electron chi connectivity index (χ0n) is 11.6. The minimum atomic E-state index is 0.221. The molecule has 1 aromatic heterocycles. The van der Waals surface area contributed by atoms with E-state index in [9.17, 15) is 0 Å². The molecule has 1 heterocycles. The van der Waals surface area contributed by atoms with Crippen molar-refractivity contribution in [3.05, 3.63) is 60.4 Å². The Morgan fingerprint density at radius 2 is 1.95 bits per heavy atom. The van der Waals surface area contributed by atoms with E-state index in [0.717, 1.165) is 12.8 Å². The number of aromatic nitrogens is 1. The number of aliphatic imine (C=N–C) groups is 1. The van der Waals surface area contributed by atoms with Gasteiger partial charge in [0.1, 0.15) is 5.75 Å². The lowest BCUT2D eigenvalue weighted by Crippen LogP contribution is -2.24. The van der Waals surface area contributed by atoms with Crippen LogP contribution in [0.2, 0.25) is 0 Å². The minimum absolute atomic E-state index is 0.221. The second-order valence-corrected chi connectivity index (χ2v) is 4.30. The van der Waals surface area contributed by atoms with Crippen LogP contribution in [-0.2, 0) is 6.42 Å². The lowest BCUT2D eigenvalue weighted by molar-refractivity contribution is 0.525. The summed E-state index contributed by atoms with van der Waals surface area (Å²) in [4.78, 5) is 8.25. The van der Waals surface area contributed by atoms with Crippen molar-refractivity contribution in [3.63, 3.8) is 0 Å². The van der Waals surface area contributed by atoms with Crippen LogP contribution in [0.4, 0.5) is 0 Å². The van der Waals surface area contributed by atoms with Gasteiger partial charge in [-0.3, -0.25) is 4.98 Å². The molecule has 0 amide bonds. The first-order valence-electron chi connectivity index (χ1n) is 6.70. The Hall–Kier alpha value is -2.87. The largest absolute Gasteiger partial charge is 0.425 e. The Labute approximate surface area is 123 Å². The molecule has 0 fully saturated rings. The summed E-state index contributed by atoms with van der Waals surface area (Å²) in [7, 11) is 0. The van der Waals surface area contributed by atoms with E-state index in [1.807, 2.05) is 48.7 Å². The SMILES string of the molecule is N#CNC(=NCCCc1ccncc1)Oc1ccccc1. The molecule has 0 aliphatic rings. The van der Waals surface area contributed by atoms with Crippen LogP contribution >= 0.6 is 0 Å². The molecule has 0 aliphatic carbocycles. The second-order valence-electron chi connectivity index (χ2n) is 4.30. The standard InChI is InChI=1S/C16H16N4O/c17-13-20-16(21-15-6-2-1-3-7-15)19-10-4-5-14-8-11-18-12-9-14/h1-3,6-9,11-12H,4-5,10H2,(H,19,20). The van der Waals surface area contributed by atoms with Crippen molar-refractivity contribution in [1.82, 2.24) is 10.3 Å². The Morgan fingerprint density at radius 1 is 1.19 bits per heavy atom. The van der Waals surface area contributed by atoms with Gasteiger partial charge >= 0.3 is 6.02 Å². The van der Waals surface area contributed by atoms with Crippen LogP contribution in [0.15, 0.2) is 59.9 Å². The number of nitrogens with one attached hydrogen (secondary N) is 1. The number of benzene rings is 1. The summed E-state index contributed by atoms with van der Waals surface area (Å²) in [6.45, 7) is 0.583. The lowest BCUT2D eigenvalue weighted by atomic mass is 10.1. The molecular formula is C16H16N4O. The van der Waals surface area contributed by atoms with Crippen molar-refractivity contribution >= 4 is 6.02 Å². The van der Waals surface area contributed by atoms with Gasteiger partial charge in [0, 0.05) is 18.9 Å². The molecule has 0 atom stereocenters. The van der Waals surface area contributed by atoms with Gasteiger partial charge in [-0.05, 0) is 42.7 Å². The zero-order valence-corrected chi connectivity index (χ0v) is 11.6. The number of hydrogen-bond donors (Lipinski definition) is 1. The summed E-state index contributed by atoms with van der Waals surface area (Å²) >= 11 is 0. The van der Waals surface area contributed by atoms with E-state index in [1.54, 1.807) is 12.4 Å². The molecule has 2 rings (SSSR count). The number of pyridine rings is 1. The first kappa shape index (κ1) is 14.5. The number of nitrogens with zero attached hydrogens (tertiary/aromatic N) is 3. The molecule has 1 N–H and O–H groups in total. The highest BCUT2D eigenvalue weighted by Crippen LogP contribution is 2.08. The molecule has 0 saturated heterocycles. The monoisotopic (exact) mass is 280 g/mol. The number of para-hydroxylation sites is 1. The third kappa shape index (κ3) is 5.33. The van der Waals surface area contributed by atoms with E-state index in [0.29, 0.717) is 12.3 Å². The summed E-state index contributed by atoms with van der Waals surface area (Å²) in [5, 5.41) is 11.2. The predicted octanol–water partition coefficient (Wildman–Crippen LogP) is 2.52. The van der Waals surface area contributed by atoms with Gasteiger partial charge < -0.3 is 4.74 Å². The molecule has 5 nitrogen and oxygen atoms in total. The molecule has 1 aromatic carbocycles. The fraction of sp³-hybridized carbons (Fsp3) is 0.188. The van der Waals surface area contributed by atoms with Crippen LogP contribution in [0, 0.1) is 11.5 Å². The molecule has 0 bridgehead atoms. The van der Waals surface area contributed by atoms with Gasteiger partial charge in [0.05, 0.1) is 0 Å². The van der Waals surface area contributed by atoms with Crippen molar-refractivity contribution < 1.29 is 4.74 Å². The molecule has 106 valence electrons. The van der Waals surface area contributed by atoms with E-state index < -0.39 is 0 Å². The normalized spacial score (nSPS) is 10.7. The number of hydrogen-bond acceptors (Lipinski definition) is 4. The van der Waals surface area contributed by atoms with E-state index in [2.05, 4.69) is 15.3 Å². The number of amidine groups is 1. The minimum Gasteiger partial charge on any atom is -0.425 e. The highest BCUT2D eigenvalue weighted by Gasteiger charge is 2.01. The van der Waals surface area contributed by atoms with Crippen LogP contribution in [0.3, 0.4) is 0 Å².